The molecule has 7 heteroatoms. The van der Waals surface area contributed by atoms with Crippen LogP contribution in [-0.2, 0) is 4.79 Å². The molecule has 0 radical (unpaired) electrons. The van der Waals surface area contributed by atoms with Crippen LogP contribution in [0.4, 0.5) is 5.69 Å². The van der Waals surface area contributed by atoms with Crippen LogP contribution in [0.5, 0.6) is 0 Å². The maximum atomic E-state index is 12.6. The van der Waals surface area contributed by atoms with Crippen molar-refractivity contribution in [2.24, 2.45) is 0 Å². The quantitative estimate of drug-likeness (QED) is 0.729. The Morgan fingerprint density at radius 2 is 1.66 bits per heavy atom. The molecule has 0 bridgehead atoms. The van der Waals surface area contributed by atoms with Gasteiger partial charge in [0.1, 0.15) is 0 Å². The fourth-order valence-corrected chi connectivity index (χ4v) is 3.92. The number of rotatable bonds is 5. The smallest absolute Gasteiger partial charge is 0.261 e. The van der Waals surface area contributed by atoms with Crippen molar-refractivity contribution in [2.45, 2.75) is 19.8 Å². The molecule has 0 aliphatic carbocycles. The minimum Gasteiger partial charge on any atom is -0.368 e. The summed E-state index contributed by atoms with van der Waals surface area (Å²) < 4.78 is 0. The van der Waals surface area contributed by atoms with Crippen LogP contribution < -0.4 is 4.90 Å². The molecule has 1 aromatic heterocycles. The number of amides is 3. The van der Waals surface area contributed by atoms with E-state index in [1.165, 1.54) is 4.90 Å². The Hall–Kier alpha value is -3.22. The zero-order chi connectivity index (χ0) is 20.4. The Morgan fingerprint density at radius 1 is 0.966 bits per heavy atom. The molecule has 0 N–H and O–H groups in total. The van der Waals surface area contributed by atoms with Gasteiger partial charge in [-0.1, -0.05) is 11.6 Å². The molecule has 7 nitrogen and oxygen atoms in total. The molecular weight excluding hydrogens is 368 g/mol. The summed E-state index contributed by atoms with van der Waals surface area (Å²) in [7, 11) is 0. The van der Waals surface area contributed by atoms with Crippen molar-refractivity contribution in [1.82, 2.24) is 14.8 Å². The molecule has 29 heavy (non-hydrogen) atoms. The van der Waals surface area contributed by atoms with E-state index in [2.05, 4.69) is 9.88 Å². The number of piperazine rings is 1. The third-order valence-corrected chi connectivity index (χ3v) is 5.56. The predicted molar refractivity (Wildman–Crippen MR) is 109 cm³/mol. The predicted octanol–water partition coefficient (Wildman–Crippen LogP) is 2.12. The number of fused-ring (bicyclic) bond motifs is 1. The highest BCUT2D eigenvalue weighted by molar-refractivity contribution is 6.21. The lowest BCUT2D eigenvalue weighted by Gasteiger charge is -2.36. The topological polar surface area (TPSA) is 73.8 Å². The zero-order valence-corrected chi connectivity index (χ0v) is 16.5. The molecule has 0 unspecified atom stereocenters. The monoisotopic (exact) mass is 392 g/mol. The van der Waals surface area contributed by atoms with E-state index in [0.29, 0.717) is 37.1 Å². The minimum atomic E-state index is -0.261. The van der Waals surface area contributed by atoms with Gasteiger partial charge in [0.2, 0.25) is 5.91 Å². The maximum absolute atomic E-state index is 12.6. The molecule has 1 fully saturated rings. The van der Waals surface area contributed by atoms with Gasteiger partial charge in [0.05, 0.1) is 11.1 Å². The second kappa shape index (κ2) is 8.03. The van der Waals surface area contributed by atoms with Crippen LogP contribution in [0.3, 0.4) is 0 Å². The van der Waals surface area contributed by atoms with Gasteiger partial charge in [0.15, 0.2) is 0 Å². The molecular formula is C22H24N4O3. The average molecular weight is 392 g/mol. The Balaban J connectivity index is 1.26. The van der Waals surface area contributed by atoms with E-state index in [4.69, 9.17) is 0 Å². The van der Waals surface area contributed by atoms with Crippen LogP contribution in [0, 0.1) is 6.92 Å². The van der Waals surface area contributed by atoms with E-state index in [9.17, 15) is 14.4 Å². The van der Waals surface area contributed by atoms with E-state index in [-0.39, 0.29) is 24.3 Å². The summed E-state index contributed by atoms with van der Waals surface area (Å²) in [6.07, 6.45) is 4.36. The summed E-state index contributed by atoms with van der Waals surface area (Å²) in [6.45, 7) is 5.09. The first kappa shape index (κ1) is 19.1. The van der Waals surface area contributed by atoms with Crippen LogP contribution in [-0.4, -0.2) is 65.2 Å². The summed E-state index contributed by atoms with van der Waals surface area (Å²) in [6, 6.07) is 9.24. The van der Waals surface area contributed by atoms with Crippen LogP contribution >= 0.6 is 0 Å². The van der Waals surface area contributed by atoms with Crippen molar-refractivity contribution in [3.8, 4) is 0 Å². The highest BCUT2D eigenvalue weighted by Crippen LogP contribution is 2.24. The van der Waals surface area contributed by atoms with Crippen LogP contribution in [0.1, 0.15) is 39.1 Å². The molecule has 2 aromatic rings. The number of aryl methyl sites for hydroxylation is 1. The molecule has 150 valence electrons. The van der Waals surface area contributed by atoms with Crippen molar-refractivity contribution in [3.63, 3.8) is 0 Å². The van der Waals surface area contributed by atoms with Crippen LogP contribution in [0.15, 0.2) is 42.7 Å². The Kier molecular flexibility index (Phi) is 5.29. The van der Waals surface area contributed by atoms with E-state index in [1.54, 1.807) is 24.5 Å². The Bertz CT molecular complexity index is 936. The molecule has 2 aliphatic rings. The number of aromatic nitrogens is 1. The first-order valence-electron chi connectivity index (χ1n) is 9.94. The summed E-state index contributed by atoms with van der Waals surface area (Å²) in [5.74, 6) is -0.442. The van der Waals surface area contributed by atoms with Crippen molar-refractivity contribution in [3.05, 3.63) is 59.4 Å². The number of hydrogen-bond donors (Lipinski definition) is 0. The lowest BCUT2D eigenvalue weighted by atomic mass is 10.1. The molecule has 1 aromatic carbocycles. The van der Waals surface area contributed by atoms with E-state index in [0.717, 1.165) is 24.3 Å². The van der Waals surface area contributed by atoms with Gasteiger partial charge in [-0.25, -0.2) is 0 Å². The molecule has 0 saturated carbocycles. The highest BCUT2D eigenvalue weighted by atomic mass is 16.2. The summed E-state index contributed by atoms with van der Waals surface area (Å²) in [4.78, 5) is 46.9. The molecule has 0 atom stereocenters. The van der Waals surface area contributed by atoms with Crippen molar-refractivity contribution in [2.75, 3.05) is 37.6 Å². The van der Waals surface area contributed by atoms with Crippen molar-refractivity contribution >= 4 is 23.4 Å². The minimum absolute atomic E-state index is 0.0758. The summed E-state index contributed by atoms with van der Waals surface area (Å²) in [5.41, 5.74) is 2.99. The maximum Gasteiger partial charge on any atom is 0.261 e. The lowest BCUT2D eigenvalue weighted by molar-refractivity contribution is -0.131. The number of anilines is 1. The fourth-order valence-electron chi connectivity index (χ4n) is 3.92. The van der Waals surface area contributed by atoms with Gasteiger partial charge in [-0.2, -0.15) is 0 Å². The second-order valence-electron chi connectivity index (χ2n) is 7.49. The SMILES string of the molecule is Cc1ccc2c(c1)C(=O)N(CCCC(=O)N1CCN(c3ccncc3)CC1)C2=O. The molecule has 2 aliphatic heterocycles. The van der Waals surface area contributed by atoms with Crippen LogP contribution in [0.25, 0.3) is 0 Å². The lowest BCUT2D eigenvalue weighted by Crippen LogP contribution is -2.48. The van der Waals surface area contributed by atoms with Gasteiger partial charge in [-0.15, -0.1) is 0 Å². The number of pyridine rings is 1. The third kappa shape index (κ3) is 3.85. The first-order valence-corrected chi connectivity index (χ1v) is 9.94. The number of imide groups is 1. The number of hydrogen-bond acceptors (Lipinski definition) is 5. The number of nitrogens with zero attached hydrogens (tertiary/aromatic N) is 4. The van der Waals surface area contributed by atoms with Gasteiger partial charge in [-0.3, -0.25) is 24.3 Å². The van der Waals surface area contributed by atoms with Gasteiger partial charge in [0.25, 0.3) is 11.8 Å². The Labute approximate surface area is 169 Å². The standard InChI is InChI=1S/C22H24N4O3/c1-16-4-5-18-19(15-16)22(29)26(21(18)28)10-2-3-20(27)25-13-11-24(12-14-25)17-6-8-23-9-7-17/h4-9,15H,2-3,10-14H2,1H3. The highest BCUT2D eigenvalue weighted by Gasteiger charge is 2.35. The normalized spacial score (nSPS) is 16.4. The van der Waals surface area contributed by atoms with Gasteiger partial charge in [0, 0.05) is 57.2 Å². The molecule has 1 saturated heterocycles. The summed E-state index contributed by atoms with van der Waals surface area (Å²) in [5, 5.41) is 0. The molecule has 3 heterocycles. The van der Waals surface area contributed by atoms with Crippen molar-refractivity contribution < 1.29 is 14.4 Å². The molecule has 0 spiro atoms. The fraction of sp³-hybridized carbons (Fsp3) is 0.364. The first-order chi connectivity index (χ1) is 14.0. The van der Waals surface area contributed by atoms with Crippen molar-refractivity contribution in [1.29, 1.82) is 0 Å². The molecule has 3 amide bonds. The van der Waals surface area contributed by atoms with Crippen LogP contribution in [0.2, 0.25) is 0 Å². The Morgan fingerprint density at radius 3 is 2.38 bits per heavy atom. The number of carbonyl (C=O) groups excluding carboxylic acids is 3. The van der Waals surface area contributed by atoms with E-state index in [1.807, 2.05) is 30.0 Å². The van der Waals surface area contributed by atoms with Gasteiger partial charge in [-0.05, 0) is 37.6 Å². The summed E-state index contributed by atoms with van der Waals surface area (Å²) >= 11 is 0. The van der Waals surface area contributed by atoms with Gasteiger partial charge >= 0.3 is 0 Å². The number of carbonyl (C=O) groups is 3. The van der Waals surface area contributed by atoms with E-state index >= 15 is 0 Å². The average Bonchev–Trinajstić information content (AvgIpc) is 2.98. The zero-order valence-electron chi connectivity index (χ0n) is 16.5. The van der Waals surface area contributed by atoms with E-state index < -0.39 is 0 Å². The largest absolute Gasteiger partial charge is 0.368 e. The number of benzene rings is 1. The second-order valence-corrected chi connectivity index (χ2v) is 7.49. The third-order valence-electron chi connectivity index (χ3n) is 5.56. The molecule has 4 rings (SSSR count). The van der Waals surface area contributed by atoms with Gasteiger partial charge < -0.3 is 9.80 Å².